The second kappa shape index (κ2) is 7.54. The van der Waals surface area contributed by atoms with Crippen LogP contribution in [0.25, 0.3) is 10.1 Å². The maximum atomic E-state index is 12.2. The second-order valence-corrected chi connectivity index (χ2v) is 6.17. The van der Waals surface area contributed by atoms with E-state index in [1.165, 1.54) is 29.0 Å². The molecule has 0 unspecified atom stereocenters. The summed E-state index contributed by atoms with van der Waals surface area (Å²) in [7, 11) is 0. The number of nitro groups is 1. The van der Waals surface area contributed by atoms with Gasteiger partial charge in [-0.25, -0.2) is 0 Å². The van der Waals surface area contributed by atoms with Crippen molar-refractivity contribution in [1.82, 2.24) is 10.6 Å². The van der Waals surface area contributed by atoms with E-state index in [9.17, 15) is 14.9 Å². The first kappa shape index (κ1) is 17.4. The Hall–Kier alpha value is -1.96. The molecule has 0 bridgehead atoms. The molecule has 0 spiro atoms. The number of non-ortho nitro benzene ring substituents is 1. The molecule has 1 aromatic carbocycles. The van der Waals surface area contributed by atoms with E-state index >= 15 is 0 Å². The van der Waals surface area contributed by atoms with Crippen LogP contribution in [-0.4, -0.2) is 30.5 Å². The zero-order valence-corrected chi connectivity index (χ0v) is 13.8. The lowest BCUT2D eigenvalue weighted by atomic mass is 10.1. The van der Waals surface area contributed by atoms with Crippen LogP contribution in [0.2, 0.25) is 0 Å². The molecule has 0 atom stereocenters. The first-order valence-corrected chi connectivity index (χ1v) is 7.80. The highest BCUT2D eigenvalue weighted by Gasteiger charge is 2.13. The van der Waals surface area contributed by atoms with Crippen LogP contribution in [0.4, 0.5) is 5.69 Å². The van der Waals surface area contributed by atoms with Gasteiger partial charge >= 0.3 is 0 Å². The van der Waals surface area contributed by atoms with E-state index in [-0.39, 0.29) is 24.0 Å². The van der Waals surface area contributed by atoms with Crippen LogP contribution in [0.5, 0.6) is 0 Å². The second-order valence-electron chi connectivity index (χ2n) is 5.09. The van der Waals surface area contributed by atoms with Gasteiger partial charge in [0.1, 0.15) is 0 Å². The number of amides is 1. The first-order chi connectivity index (χ1) is 10.6. The number of carbonyl (C=O) groups is 1. The molecule has 2 heterocycles. The lowest BCUT2D eigenvalue weighted by Crippen LogP contribution is -2.29. The van der Waals surface area contributed by atoms with Crippen molar-refractivity contribution in [2.75, 3.05) is 19.6 Å². The molecule has 1 aromatic heterocycles. The summed E-state index contributed by atoms with van der Waals surface area (Å²) in [5.74, 6) is -0.136. The van der Waals surface area contributed by atoms with Crippen molar-refractivity contribution in [3.8, 4) is 0 Å². The Bertz CT molecular complexity index is 772. The van der Waals surface area contributed by atoms with Crippen molar-refractivity contribution in [1.29, 1.82) is 0 Å². The third kappa shape index (κ3) is 4.07. The van der Waals surface area contributed by atoms with Gasteiger partial charge in [0.05, 0.1) is 9.80 Å². The Morgan fingerprint density at radius 1 is 1.39 bits per heavy atom. The monoisotopic (exact) mass is 353 g/mol. The summed E-state index contributed by atoms with van der Waals surface area (Å²) < 4.78 is 0.872. The smallest absolute Gasteiger partial charge is 0.270 e. The standard InChI is InChI=1S/C15H15N3O3S.ClH/c19-15(17-9-10-3-5-16-6-4-10)14-8-11-7-12(18(20)21)1-2-13(11)22-14;/h1-3,7-8,16H,4-6,9H2,(H,17,19);1H. The Labute approximate surface area is 143 Å². The van der Waals surface area contributed by atoms with Gasteiger partial charge < -0.3 is 10.6 Å². The first-order valence-electron chi connectivity index (χ1n) is 6.98. The van der Waals surface area contributed by atoms with E-state index in [0.29, 0.717) is 11.4 Å². The lowest BCUT2D eigenvalue weighted by molar-refractivity contribution is -0.384. The minimum atomic E-state index is -0.430. The van der Waals surface area contributed by atoms with Crippen molar-refractivity contribution in [2.24, 2.45) is 0 Å². The molecular weight excluding hydrogens is 338 g/mol. The van der Waals surface area contributed by atoms with Gasteiger partial charge in [-0.05, 0) is 25.1 Å². The number of halogens is 1. The van der Waals surface area contributed by atoms with E-state index in [1.54, 1.807) is 12.1 Å². The van der Waals surface area contributed by atoms with Crippen LogP contribution < -0.4 is 10.6 Å². The molecule has 8 heteroatoms. The van der Waals surface area contributed by atoms with Gasteiger partial charge in [0, 0.05) is 35.3 Å². The zero-order valence-electron chi connectivity index (χ0n) is 12.2. The molecule has 0 saturated heterocycles. The van der Waals surface area contributed by atoms with Gasteiger partial charge in [0.25, 0.3) is 11.6 Å². The largest absolute Gasteiger partial charge is 0.348 e. The van der Waals surface area contributed by atoms with Gasteiger partial charge in [-0.1, -0.05) is 11.6 Å². The molecule has 1 aliphatic heterocycles. The number of thiophene rings is 1. The van der Waals surface area contributed by atoms with Crippen LogP contribution in [0.15, 0.2) is 35.9 Å². The Morgan fingerprint density at radius 2 is 2.22 bits per heavy atom. The maximum absolute atomic E-state index is 12.2. The number of benzene rings is 1. The molecule has 2 N–H and O–H groups in total. The fourth-order valence-corrected chi connectivity index (χ4v) is 3.33. The van der Waals surface area contributed by atoms with Crippen LogP contribution in [0, 0.1) is 10.1 Å². The molecule has 1 amide bonds. The van der Waals surface area contributed by atoms with Crippen LogP contribution in [0.3, 0.4) is 0 Å². The van der Waals surface area contributed by atoms with Gasteiger partial charge in [-0.15, -0.1) is 23.7 Å². The number of nitrogens with zero attached hydrogens (tertiary/aromatic N) is 1. The molecule has 6 nitrogen and oxygen atoms in total. The summed E-state index contributed by atoms with van der Waals surface area (Å²) in [5, 5.41) is 17.6. The normalized spacial score (nSPS) is 14.0. The molecule has 0 saturated carbocycles. The van der Waals surface area contributed by atoms with Crippen molar-refractivity contribution in [3.05, 3.63) is 50.9 Å². The summed E-state index contributed by atoms with van der Waals surface area (Å²) in [5.41, 5.74) is 1.26. The third-order valence-electron chi connectivity index (χ3n) is 3.57. The van der Waals surface area contributed by atoms with Crippen LogP contribution in [-0.2, 0) is 0 Å². The van der Waals surface area contributed by atoms with Crippen molar-refractivity contribution >= 4 is 45.4 Å². The van der Waals surface area contributed by atoms with E-state index < -0.39 is 4.92 Å². The highest BCUT2D eigenvalue weighted by atomic mass is 35.5. The van der Waals surface area contributed by atoms with Crippen LogP contribution >= 0.6 is 23.7 Å². The number of hydrogen-bond acceptors (Lipinski definition) is 5. The number of fused-ring (bicyclic) bond motifs is 1. The number of hydrogen-bond donors (Lipinski definition) is 2. The third-order valence-corrected chi connectivity index (χ3v) is 4.68. The zero-order chi connectivity index (χ0) is 15.5. The molecule has 0 aliphatic carbocycles. The number of nitrogens with one attached hydrogen (secondary N) is 2. The number of carbonyl (C=O) groups excluding carboxylic acids is 1. The van der Waals surface area contributed by atoms with E-state index in [4.69, 9.17) is 0 Å². The fraction of sp³-hybridized carbons (Fsp3) is 0.267. The van der Waals surface area contributed by atoms with Crippen molar-refractivity contribution in [2.45, 2.75) is 6.42 Å². The Balaban J connectivity index is 0.00000192. The van der Waals surface area contributed by atoms with Gasteiger partial charge in [-0.3, -0.25) is 14.9 Å². The molecule has 2 aromatic rings. The average Bonchev–Trinajstić information content (AvgIpc) is 2.96. The highest BCUT2D eigenvalue weighted by Crippen LogP contribution is 2.28. The molecule has 23 heavy (non-hydrogen) atoms. The van der Waals surface area contributed by atoms with Crippen LogP contribution in [0.1, 0.15) is 16.1 Å². The predicted molar refractivity (Wildman–Crippen MR) is 93.6 cm³/mol. The van der Waals surface area contributed by atoms with Gasteiger partial charge in [-0.2, -0.15) is 0 Å². The topological polar surface area (TPSA) is 84.3 Å². The number of nitro benzene ring substituents is 1. The van der Waals surface area contributed by atoms with E-state index in [2.05, 4.69) is 16.7 Å². The molecule has 122 valence electrons. The molecule has 3 rings (SSSR count). The van der Waals surface area contributed by atoms with Gasteiger partial charge in [0.2, 0.25) is 0 Å². The van der Waals surface area contributed by atoms with E-state index in [0.717, 1.165) is 29.6 Å². The number of rotatable bonds is 4. The van der Waals surface area contributed by atoms with E-state index in [1.807, 2.05) is 0 Å². The quantitative estimate of drug-likeness (QED) is 0.503. The predicted octanol–water partition coefficient (Wildman–Crippen LogP) is 2.88. The molecular formula is C15H16ClN3O3S. The summed E-state index contributed by atoms with van der Waals surface area (Å²) >= 11 is 1.35. The summed E-state index contributed by atoms with van der Waals surface area (Å²) in [6.07, 6.45) is 3.04. The average molecular weight is 354 g/mol. The highest BCUT2D eigenvalue weighted by molar-refractivity contribution is 7.20. The molecule has 0 radical (unpaired) electrons. The summed E-state index contributed by atoms with van der Waals surface area (Å²) in [6, 6.07) is 6.35. The maximum Gasteiger partial charge on any atom is 0.270 e. The van der Waals surface area contributed by atoms with Crippen molar-refractivity contribution in [3.63, 3.8) is 0 Å². The Kier molecular flexibility index (Phi) is 5.70. The minimum Gasteiger partial charge on any atom is -0.348 e. The minimum absolute atomic E-state index is 0. The molecule has 0 fully saturated rings. The Morgan fingerprint density at radius 3 is 2.91 bits per heavy atom. The summed E-state index contributed by atoms with van der Waals surface area (Å²) in [4.78, 5) is 23.1. The lowest BCUT2D eigenvalue weighted by Gasteiger charge is -2.14. The molecule has 1 aliphatic rings. The van der Waals surface area contributed by atoms with Gasteiger partial charge in [0.15, 0.2) is 0 Å². The fourth-order valence-electron chi connectivity index (χ4n) is 2.37. The SMILES string of the molecule is Cl.O=C(NCC1=CCNCC1)c1cc2cc([N+](=O)[O-])ccc2s1. The van der Waals surface area contributed by atoms with Crippen molar-refractivity contribution < 1.29 is 9.72 Å². The summed E-state index contributed by atoms with van der Waals surface area (Å²) in [6.45, 7) is 2.33.